The molecular weight excluding hydrogens is 284 g/mol. The Kier molecular flexibility index (Phi) is 6.95. The van der Waals surface area contributed by atoms with E-state index in [-0.39, 0.29) is 6.04 Å². The predicted octanol–water partition coefficient (Wildman–Crippen LogP) is 1.21. The molecule has 0 radical (unpaired) electrons. The van der Waals surface area contributed by atoms with Crippen LogP contribution in [0.15, 0.2) is 16.3 Å². The van der Waals surface area contributed by atoms with Gasteiger partial charge in [-0.1, -0.05) is 0 Å². The molecule has 0 amide bonds. The number of hydrogen-bond donors (Lipinski definition) is 2. The highest BCUT2D eigenvalue weighted by Crippen LogP contribution is 2.21. The molecule has 1 atom stereocenters. The van der Waals surface area contributed by atoms with Crippen LogP contribution in [0.3, 0.4) is 0 Å². The molecule has 1 rings (SSSR count). The zero-order valence-electron chi connectivity index (χ0n) is 11.6. The van der Waals surface area contributed by atoms with E-state index in [1.165, 1.54) is 11.3 Å². The van der Waals surface area contributed by atoms with E-state index in [0.29, 0.717) is 17.4 Å². The number of ether oxygens (including phenoxy) is 1. The predicted molar refractivity (Wildman–Crippen MR) is 78.2 cm³/mol. The third kappa shape index (κ3) is 5.58. The third-order valence-corrected chi connectivity index (χ3v) is 5.68. The van der Waals surface area contributed by atoms with Gasteiger partial charge in [0.1, 0.15) is 4.21 Å². The molecule has 1 unspecified atom stereocenters. The maximum absolute atomic E-state index is 12.1. The lowest BCUT2D eigenvalue weighted by Crippen LogP contribution is -2.35. The SMILES string of the molecule is CCOCC(C)NS(=O)(=O)c1ccc(CCNC)s1. The van der Waals surface area contributed by atoms with Gasteiger partial charge in [-0.15, -0.1) is 11.3 Å². The standard InChI is InChI=1S/C12H22N2O3S2/c1-4-17-9-10(2)14-19(15,16)12-6-5-11(18-12)7-8-13-3/h5-6,10,13-14H,4,7-9H2,1-3H3. The zero-order valence-corrected chi connectivity index (χ0v) is 13.2. The monoisotopic (exact) mass is 306 g/mol. The van der Waals surface area contributed by atoms with Crippen LogP contribution in [0.1, 0.15) is 18.7 Å². The fourth-order valence-corrected chi connectivity index (χ4v) is 4.14. The van der Waals surface area contributed by atoms with Crippen molar-refractivity contribution in [1.29, 1.82) is 0 Å². The minimum atomic E-state index is -3.43. The van der Waals surface area contributed by atoms with E-state index >= 15 is 0 Å². The molecule has 0 spiro atoms. The topological polar surface area (TPSA) is 67.4 Å². The van der Waals surface area contributed by atoms with E-state index in [1.807, 2.05) is 20.0 Å². The van der Waals surface area contributed by atoms with E-state index in [9.17, 15) is 8.42 Å². The fourth-order valence-electron chi connectivity index (χ4n) is 1.54. The van der Waals surface area contributed by atoms with Crippen LogP contribution < -0.4 is 10.0 Å². The molecule has 0 bridgehead atoms. The molecule has 0 saturated heterocycles. The summed E-state index contributed by atoms with van der Waals surface area (Å²) in [6.45, 7) is 5.48. The van der Waals surface area contributed by atoms with E-state index in [2.05, 4.69) is 10.0 Å². The van der Waals surface area contributed by atoms with Gasteiger partial charge in [0.05, 0.1) is 6.61 Å². The van der Waals surface area contributed by atoms with Crippen molar-refractivity contribution >= 4 is 21.4 Å². The highest BCUT2D eigenvalue weighted by Gasteiger charge is 2.19. The summed E-state index contributed by atoms with van der Waals surface area (Å²) in [6, 6.07) is 3.29. The van der Waals surface area contributed by atoms with E-state index in [0.717, 1.165) is 17.8 Å². The maximum Gasteiger partial charge on any atom is 0.250 e. The van der Waals surface area contributed by atoms with Crippen LogP contribution in [0.5, 0.6) is 0 Å². The van der Waals surface area contributed by atoms with Crippen molar-refractivity contribution in [3.05, 3.63) is 17.0 Å². The van der Waals surface area contributed by atoms with Gasteiger partial charge in [0, 0.05) is 17.5 Å². The number of nitrogens with one attached hydrogen (secondary N) is 2. The van der Waals surface area contributed by atoms with E-state index in [4.69, 9.17) is 4.74 Å². The third-order valence-electron chi connectivity index (χ3n) is 2.45. The van der Waals surface area contributed by atoms with Crippen molar-refractivity contribution < 1.29 is 13.2 Å². The molecule has 0 aliphatic heterocycles. The molecule has 0 fully saturated rings. The smallest absolute Gasteiger partial charge is 0.250 e. The van der Waals surface area contributed by atoms with Gasteiger partial charge in [0.2, 0.25) is 10.0 Å². The number of rotatable bonds is 9. The molecule has 0 saturated carbocycles. The lowest BCUT2D eigenvalue weighted by molar-refractivity contribution is 0.133. The Labute approximate surface area is 119 Å². The Morgan fingerprint density at radius 1 is 1.42 bits per heavy atom. The number of sulfonamides is 1. The molecule has 2 N–H and O–H groups in total. The lowest BCUT2D eigenvalue weighted by atomic mass is 10.3. The highest BCUT2D eigenvalue weighted by atomic mass is 32.2. The molecular formula is C12H22N2O3S2. The summed E-state index contributed by atoms with van der Waals surface area (Å²) >= 11 is 1.31. The Hall–Kier alpha value is -0.470. The normalized spacial score (nSPS) is 13.6. The average Bonchev–Trinajstić information content (AvgIpc) is 2.83. The Morgan fingerprint density at radius 3 is 2.79 bits per heavy atom. The lowest BCUT2D eigenvalue weighted by Gasteiger charge is -2.12. The van der Waals surface area contributed by atoms with Gasteiger partial charge in [-0.25, -0.2) is 13.1 Å². The van der Waals surface area contributed by atoms with Gasteiger partial charge in [0.15, 0.2) is 0 Å². The molecule has 1 aromatic heterocycles. The maximum atomic E-state index is 12.1. The Morgan fingerprint density at radius 2 is 2.16 bits per heavy atom. The van der Waals surface area contributed by atoms with Gasteiger partial charge in [0.25, 0.3) is 0 Å². The van der Waals surface area contributed by atoms with E-state index < -0.39 is 10.0 Å². The summed E-state index contributed by atoms with van der Waals surface area (Å²) in [5.41, 5.74) is 0. The van der Waals surface area contributed by atoms with Gasteiger partial charge in [-0.3, -0.25) is 0 Å². The number of thiophene rings is 1. The molecule has 0 aromatic carbocycles. The highest BCUT2D eigenvalue weighted by molar-refractivity contribution is 7.91. The second-order valence-corrected chi connectivity index (χ2v) is 7.37. The van der Waals surface area contributed by atoms with Crippen molar-refractivity contribution in [3.63, 3.8) is 0 Å². The van der Waals surface area contributed by atoms with Crippen molar-refractivity contribution in [2.75, 3.05) is 26.8 Å². The van der Waals surface area contributed by atoms with Crippen molar-refractivity contribution in [1.82, 2.24) is 10.0 Å². The summed E-state index contributed by atoms with van der Waals surface area (Å²) in [6.07, 6.45) is 0.838. The van der Waals surface area contributed by atoms with E-state index in [1.54, 1.807) is 13.0 Å². The molecule has 1 aromatic rings. The van der Waals surface area contributed by atoms with Crippen molar-refractivity contribution in [2.45, 2.75) is 30.5 Å². The first-order valence-electron chi connectivity index (χ1n) is 6.33. The van der Waals surface area contributed by atoms with Crippen molar-refractivity contribution in [2.24, 2.45) is 0 Å². The summed E-state index contributed by atoms with van der Waals surface area (Å²) in [7, 11) is -1.55. The number of hydrogen-bond acceptors (Lipinski definition) is 5. The zero-order chi connectivity index (χ0) is 14.3. The van der Waals surface area contributed by atoms with Crippen LogP contribution in [-0.4, -0.2) is 41.3 Å². The van der Waals surface area contributed by atoms with Crippen LogP contribution in [-0.2, 0) is 21.2 Å². The Bertz CT molecular complexity index is 471. The molecule has 1 heterocycles. The van der Waals surface area contributed by atoms with Gasteiger partial charge in [-0.05, 0) is 46.0 Å². The van der Waals surface area contributed by atoms with Crippen LogP contribution in [0.25, 0.3) is 0 Å². The quantitative estimate of drug-likeness (QED) is 0.720. The first-order chi connectivity index (χ1) is 8.99. The van der Waals surface area contributed by atoms with Crippen LogP contribution in [0.4, 0.5) is 0 Å². The molecule has 5 nitrogen and oxygen atoms in total. The first-order valence-corrected chi connectivity index (χ1v) is 8.63. The fraction of sp³-hybridized carbons (Fsp3) is 0.667. The molecule has 110 valence electrons. The van der Waals surface area contributed by atoms with Gasteiger partial charge in [-0.2, -0.15) is 0 Å². The average molecular weight is 306 g/mol. The molecule has 19 heavy (non-hydrogen) atoms. The van der Waals surface area contributed by atoms with Crippen LogP contribution >= 0.6 is 11.3 Å². The second-order valence-electron chi connectivity index (χ2n) is 4.26. The van der Waals surface area contributed by atoms with Gasteiger partial charge < -0.3 is 10.1 Å². The van der Waals surface area contributed by atoms with Gasteiger partial charge >= 0.3 is 0 Å². The largest absolute Gasteiger partial charge is 0.380 e. The summed E-state index contributed by atoms with van der Waals surface area (Å²) < 4.78 is 32.4. The summed E-state index contributed by atoms with van der Waals surface area (Å²) in [4.78, 5) is 1.06. The summed E-state index contributed by atoms with van der Waals surface area (Å²) in [5.74, 6) is 0. The van der Waals surface area contributed by atoms with Crippen LogP contribution in [0.2, 0.25) is 0 Å². The number of likely N-dealkylation sites (N-methyl/N-ethyl adjacent to an activating group) is 1. The van der Waals surface area contributed by atoms with Crippen LogP contribution in [0, 0.1) is 0 Å². The minimum absolute atomic E-state index is 0.229. The second kappa shape index (κ2) is 7.96. The van der Waals surface area contributed by atoms with Crippen molar-refractivity contribution in [3.8, 4) is 0 Å². The molecule has 0 aliphatic rings. The molecule has 0 aliphatic carbocycles. The Balaban J connectivity index is 2.63. The first kappa shape index (κ1) is 16.6. The molecule has 7 heteroatoms. The minimum Gasteiger partial charge on any atom is -0.380 e. The summed E-state index contributed by atoms with van der Waals surface area (Å²) in [5, 5.41) is 3.04.